The van der Waals surface area contributed by atoms with Crippen LogP contribution in [0, 0.1) is 0 Å². The number of pyridine rings is 1. The van der Waals surface area contributed by atoms with Crippen LogP contribution in [0.15, 0.2) is 24.5 Å². The standard InChI is InChI=1S/C13H21N3O2S/c1-15(12-7-13-5-8-14-9-6-13)19(17,18)16-10-3-2-4-11-16/h5-6,8-9H,2-4,7,10-12H2,1H3. The number of hydrogen-bond acceptors (Lipinski definition) is 3. The monoisotopic (exact) mass is 283 g/mol. The van der Waals surface area contributed by atoms with Gasteiger partial charge in [0.2, 0.25) is 0 Å². The Morgan fingerprint density at radius 2 is 1.84 bits per heavy atom. The minimum Gasteiger partial charge on any atom is -0.265 e. The van der Waals surface area contributed by atoms with Crippen LogP contribution in [0.5, 0.6) is 0 Å². The minimum absolute atomic E-state index is 0.503. The number of likely N-dealkylation sites (N-methyl/N-ethyl adjacent to an activating group) is 1. The molecule has 0 unspecified atom stereocenters. The van der Waals surface area contributed by atoms with Gasteiger partial charge in [0, 0.05) is 39.1 Å². The summed E-state index contributed by atoms with van der Waals surface area (Å²) < 4.78 is 27.8. The summed E-state index contributed by atoms with van der Waals surface area (Å²) >= 11 is 0. The summed E-state index contributed by atoms with van der Waals surface area (Å²) in [6.45, 7) is 1.81. The van der Waals surface area contributed by atoms with Crippen molar-refractivity contribution in [1.82, 2.24) is 13.6 Å². The molecule has 0 bridgehead atoms. The highest BCUT2D eigenvalue weighted by Gasteiger charge is 2.27. The summed E-state index contributed by atoms with van der Waals surface area (Å²) in [6, 6.07) is 3.84. The van der Waals surface area contributed by atoms with Gasteiger partial charge in [0.15, 0.2) is 0 Å². The van der Waals surface area contributed by atoms with Gasteiger partial charge in [0.1, 0.15) is 0 Å². The number of hydrogen-bond donors (Lipinski definition) is 0. The second-order valence-electron chi connectivity index (χ2n) is 4.89. The van der Waals surface area contributed by atoms with Gasteiger partial charge in [-0.2, -0.15) is 17.0 Å². The molecule has 0 amide bonds. The average molecular weight is 283 g/mol. The molecule has 6 heteroatoms. The summed E-state index contributed by atoms with van der Waals surface area (Å²) in [7, 11) is -1.62. The molecule has 1 fully saturated rings. The van der Waals surface area contributed by atoms with Gasteiger partial charge in [-0.05, 0) is 37.0 Å². The zero-order valence-corrected chi connectivity index (χ0v) is 12.1. The second-order valence-corrected chi connectivity index (χ2v) is 6.93. The van der Waals surface area contributed by atoms with E-state index < -0.39 is 10.2 Å². The van der Waals surface area contributed by atoms with Gasteiger partial charge < -0.3 is 0 Å². The number of nitrogens with zero attached hydrogens (tertiary/aromatic N) is 3. The highest BCUT2D eigenvalue weighted by atomic mass is 32.2. The molecule has 0 saturated carbocycles. The summed E-state index contributed by atoms with van der Waals surface area (Å²) in [5, 5.41) is 0. The predicted molar refractivity (Wildman–Crippen MR) is 74.9 cm³/mol. The van der Waals surface area contributed by atoms with E-state index in [0.29, 0.717) is 26.1 Å². The Morgan fingerprint density at radius 1 is 1.21 bits per heavy atom. The van der Waals surface area contributed by atoms with Gasteiger partial charge in [-0.25, -0.2) is 0 Å². The molecular formula is C13H21N3O2S. The lowest BCUT2D eigenvalue weighted by Gasteiger charge is -2.30. The molecule has 1 saturated heterocycles. The van der Waals surface area contributed by atoms with Crippen molar-refractivity contribution in [3.8, 4) is 0 Å². The SMILES string of the molecule is CN(CCc1ccncc1)S(=O)(=O)N1CCCCC1. The quantitative estimate of drug-likeness (QED) is 0.818. The maximum absolute atomic E-state index is 12.3. The first-order valence-corrected chi connectivity index (χ1v) is 8.11. The van der Waals surface area contributed by atoms with Crippen molar-refractivity contribution in [2.45, 2.75) is 25.7 Å². The molecule has 1 aromatic heterocycles. The van der Waals surface area contributed by atoms with Crippen molar-refractivity contribution < 1.29 is 8.42 Å². The smallest absolute Gasteiger partial charge is 0.265 e. The van der Waals surface area contributed by atoms with E-state index in [0.717, 1.165) is 24.8 Å². The van der Waals surface area contributed by atoms with E-state index in [1.165, 1.54) is 4.31 Å². The number of rotatable bonds is 5. The normalized spacial score (nSPS) is 17.8. The molecule has 0 aromatic carbocycles. The van der Waals surface area contributed by atoms with Crippen LogP contribution in [0.2, 0.25) is 0 Å². The number of piperidine rings is 1. The van der Waals surface area contributed by atoms with Crippen LogP contribution in [-0.4, -0.2) is 48.7 Å². The van der Waals surface area contributed by atoms with Gasteiger partial charge in [0.25, 0.3) is 10.2 Å². The summed E-state index contributed by atoms with van der Waals surface area (Å²) in [5.74, 6) is 0. The highest BCUT2D eigenvalue weighted by molar-refractivity contribution is 7.86. The Hall–Kier alpha value is -0.980. The van der Waals surface area contributed by atoms with Crippen LogP contribution in [0.3, 0.4) is 0 Å². The van der Waals surface area contributed by atoms with E-state index >= 15 is 0 Å². The van der Waals surface area contributed by atoms with Crippen molar-refractivity contribution in [2.75, 3.05) is 26.7 Å². The number of aromatic nitrogens is 1. The van der Waals surface area contributed by atoms with E-state index in [9.17, 15) is 8.42 Å². The first-order valence-electron chi connectivity index (χ1n) is 6.71. The fourth-order valence-corrected chi connectivity index (χ4v) is 3.68. The highest BCUT2D eigenvalue weighted by Crippen LogP contribution is 2.15. The van der Waals surface area contributed by atoms with E-state index in [1.807, 2.05) is 12.1 Å². The molecule has 1 aliphatic rings. The Bertz CT molecular complexity index is 484. The lowest BCUT2D eigenvalue weighted by Crippen LogP contribution is -2.44. The van der Waals surface area contributed by atoms with Crippen molar-refractivity contribution in [3.63, 3.8) is 0 Å². The third-order valence-electron chi connectivity index (χ3n) is 3.50. The fourth-order valence-electron chi connectivity index (χ4n) is 2.24. The average Bonchev–Trinajstić information content (AvgIpc) is 2.46. The van der Waals surface area contributed by atoms with E-state index in [-0.39, 0.29) is 0 Å². The van der Waals surface area contributed by atoms with Gasteiger partial charge in [-0.3, -0.25) is 4.98 Å². The molecule has 1 aliphatic heterocycles. The Labute approximate surface area is 115 Å². The maximum atomic E-state index is 12.3. The van der Waals surface area contributed by atoms with Crippen LogP contribution in [0.4, 0.5) is 0 Å². The molecular weight excluding hydrogens is 262 g/mol. The third-order valence-corrected chi connectivity index (χ3v) is 5.49. The van der Waals surface area contributed by atoms with Crippen LogP contribution < -0.4 is 0 Å². The zero-order chi connectivity index (χ0) is 13.7. The van der Waals surface area contributed by atoms with Crippen molar-refractivity contribution >= 4 is 10.2 Å². The largest absolute Gasteiger partial charge is 0.281 e. The third kappa shape index (κ3) is 3.75. The van der Waals surface area contributed by atoms with Crippen LogP contribution in [0.1, 0.15) is 24.8 Å². The first-order chi connectivity index (χ1) is 9.10. The van der Waals surface area contributed by atoms with Gasteiger partial charge in [-0.1, -0.05) is 6.42 Å². The fraction of sp³-hybridized carbons (Fsp3) is 0.615. The Balaban J connectivity index is 1.93. The maximum Gasteiger partial charge on any atom is 0.281 e. The van der Waals surface area contributed by atoms with Crippen LogP contribution in [-0.2, 0) is 16.6 Å². The molecule has 5 nitrogen and oxygen atoms in total. The van der Waals surface area contributed by atoms with Crippen molar-refractivity contribution in [1.29, 1.82) is 0 Å². The lowest BCUT2D eigenvalue weighted by atomic mass is 10.2. The summed E-state index contributed by atoms with van der Waals surface area (Å²) in [4.78, 5) is 3.95. The molecule has 1 aromatic rings. The molecule has 0 N–H and O–H groups in total. The van der Waals surface area contributed by atoms with Crippen molar-refractivity contribution in [2.24, 2.45) is 0 Å². The molecule has 2 rings (SSSR count). The lowest BCUT2D eigenvalue weighted by molar-refractivity contribution is 0.316. The van der Waals surface area contributed by atoms with Crippen LogP contribution in [0.25, 0.3) is 0 Å². The van der Waals surface area contributed by atoms with Crippen molar-refractivity contribution in [3.05, 3.63) is 30.1 Å². The predicted octanol–water partition coefficient (Wildman–Crippen LogP) is 1.29. The van der Waals surface area contributed by atoms with E-state index in [1.54, 1.807) is 23.7 Å². The Morgan fingerprint density at radius 3 is 2.47 bits per heavy atom. The molecule has 0 spiro atoms. The summed E-state index contributed by atoms with van der Waals surface area (Å²) in [6.07, 6.45) is 7.25. The molecule has 106 valence electrons. The second kappa shape index (κ2) is 6.45. The first kappa shape index (κ1) is 14.4. The van der Waals surface area contributed by atoms with Gasteiger partial charge in [0.05, 0.1) is 0 Å². The van der Waals surface area contributed by atoms with Crippen LogP contribution >= 0.6 is 0 Å². The minimum atomic E-state index is -3.28. The molecule has 0 radical (unpaired) electrons. The van der Waals surface area contributed by atoms with Gasteiger partial charge in [-0.15, -0.1) is 0 Å². The molecule has 0 atom stereocenters. The van der Waals surface area contributed by atoms with E-state index in [2.05, 4.69) is 4.98 Å². The molecule has 0 aliphatic carbocycles. The van der Waals surface area contributed by atoms with Gasteiger partial charge >= 0.3 is 0 Å². The molecule has 2 heterocycles. The van der Waals surface area contributed by atoms with E-state index in [4.69, 9.17) is 0 Å². The molecule has 19 heavy (non-hydrogen) atoms. The summed E-state index contributed by atoms with van der Waals surface area (Å²) in [5.41, 5.74) is 1.11. The topological polar surface area (TPSA) is 53.5 Å². The zero-order valence-electron chi connectivity index (χ0n) is 11.3. The Kier molecular flexibility index (Phi) is 4.90.